The van der Waals surface area contributed by atoms with E-state index in [9.17, 15) is 39.5 Å². The summed E-state index contributed by atoms with van der Waals surface area (Å²) in [6, 6.07) is 0. The first-order valence-electron chi connectivity index (χ1n) is 3.76. The van der Waals surface area contributed by atoms with Crippen molar-refractivity contribution in [2.75, 3.05) is 6.54 Å². The molecule has 0 aromatic heterocycles. The Kier molecular flexibility index (Phi) is 3.80. The predicted molar refractivity (Wildman–Crippen MR) is 34.6 cm³/mol. The molecule has 0 spiro atoms. The minimum atomic E-state index is -6.53. The number of rotatable bonds is 2. The Labute approximate surface area is 83.6 Å². The third-order valence-corrected chi connectivity index (χ3v) is 1.72. The molecule has 0 radical (unpaired) electrons. The zero-order chi connectivity index (χ0) is 13.4. The largest absolute Gasteiger partial charge is 0.424 e. The normalized spacial score (nSPS) is 15.4. The zero-order valence-electron chi connectivity index (χ0n) is 7.61. The van der Waals surface area contributed by atoms with E-state index in [2.05, 4.69) is 0 Å². The second kappa shape index (κ2) is 3.97. The van der Waals surface area contributed by atoms with Gasteiger partial charge in [0.15, 0.2) is 0 Å². The molecule has 16 heavy (non-hydrogen) atoms. The van der Waals surface area contributed by atoms with E-state index in [4.69, 9.17) is 0 Å². The Balaban J connectivity index is 5.82. The highest BCUT2D eigenvalue weighted by atomic mass is 19.4. The topological polar surface area (TPSA) is 12.0 Å². The van der Waals surface area contributed by atoms with E-state index in [-0.39, 0.29) is 0 Å². The van der Waals surface area contributed by atoms with Crippen molar-refractivity contribution in [1.29, 1.82) is 0 Å². The minimum Gasteiger partial charge on any atom is -0.288 e. The van der Waals surface area contributed by atoms with Crippen LogP contribution in [0, 0.1) is 0 Å². The molecule has 98 valence electrons. The molecule has 0 aromatic carbocycles. The Bertz CT molecular complexity index is 198. The van der Waals surface area contributed by atoms with Gasteiger partial charge in [-0.2, -0.15) is 39.5 Å². The van der Waals surface area contributed by atoms with E-state index in [0.29, 0.717) is 12.2 Å². The monoisotopic (exact) mass is 263 g/mol. The van der Waals surface area contributed by atoms with E-state index in [1.54, 1.807) is 0 Å². The predicted octanol–water partition coefficient (Wildman–Crippen LogP) is 3.02. The van der Waals surface area contributed by atoms with Crippen LogP contribution >= 0.6 is 0 Å². The van der Waals surface area contributed by atoms with Gasteiger partial charge < -0.3 is 0 Å². The van der Waals surface area contributed by atoms with Gasteiger partial charge in [-0.1, -0.05) is 6.92 Å². The number of alkyl halides is 9. The molecule has 0 saturated heterocycles. The van der Waals surface area contributed by atoms with Crippen molar-refractivity contribution in [1.82, 2.24) is 5.32 Å². The van der Waals surface area contributed by atoms with Crippen LogP contribution in [0.5, 0.6) is 0 Å². The molecule has 0 aliphatic carbocycles. The molecule has 1 nitrogen and oxygen atoms in total. The lowest BCUT2D eigenvalue weighted by molar-refractivity contribution is -0.389. The summed E-state index contributed by atoms with van der Waals surface area (Å²) in [5, 5.41) is 0.441. The zero-order valence-corrected chi connectivity index (χ0v) is 7.61. The Hall–Kier alpha value is -0.670. The SMILES string of the molecule is CCNC(C(F)(F)F)(C(F)(F)F)C(F)(F)F. The number of halogens is 9. The molecular weight excluding hydrogens is 257 g/mol. The maximum Gasteiger partial charge on any atom is 0.424 e. The third kappa shape index (κ3) is 2.20. The summed E-state index contributed by atoms with van der Waals surface area (Å²) in [5.41, 5.74) is -5.89. The highest BCUT2D eigenvalue weighted by Crippen LogP contribution is 2.52. The van der Waals surface area contributed by atoms with Crippen LogP contribution < -0.4 is 5.32 Å². The maximum atomic E-state index is 12.1. The lowest BCUT2D eigenvalue weighted by atomic mass is 9.97. The Morgan fingerprint density at radius 3 is 1.00 bits per heavy atom. The van der Waals surface area contributed by atoms with Gasteiger partial charge in [0.05, 0.1) is 0 Å². The minimum absolute atomic E-state index is 0.441. The number of hydrogen-bond donors (Lipinski definition) is 1. The highest BCUT2D eigenvalue weighted by molar-refractivity contribution is 5.07. The van der Waals surface area contributed by atoms with Gasteiger partial charge in [-0.25, -0.2) is 0 Å². The van der Waals surface area contributed by atoms with E-state index >= 15 is 0 Å². The van der Waals surface area contributed by atoms with Crippen molar-refractivity contribution in [3.8, 4) is 0 Å². The molecule has 0 rings (SSSR count). The van der Waals surface area contributed by atoms with Gasteiger partial charge >= 0.3 is 24.1 Å². The maximum absolute atomic E-state index is 12.1. The molecule has 0 aliphatic rings. The van der Waals surface area contributed by atoms with Gasteiger partial charge in [-0.15, -0.1) is 0 Å². The van der Waals surface area contributed by atoms with Crippen LogP contribution in [0.25, 0.3) is 0 Å². The molecule has 0 unspecified atom stereocenters. The molecule has 0 aromatic rings. The summed E-state index contributed by atoms with van der Waals surface area (Å²) in [6.07, 6.45) is -19.6. The van der Waals surface area contributed by atoms with Crippen molar-refractivity contribution in [2.24, 2.45) is 0 Å². The first-order valence-corrected chi connectivity index (χ1v) is 3.76. The van der Waals surface area contributed by atoms with Crippen molar-refractivity contribution in [2.45, 2.75) is 31.0 Å². The Morgan fingerprint density at radius 1 is 0.688 bits per heavy atom. The van der Waals surface area contributed by atoms with Gasteiger partial charge in [-0.05, 0) is 6.54 Å². The van der Waals surface area contributed by atoms with E-state index in [1.165, 1.54) is 0 Å². The van der Waals surface area contributed by atoms with Crippen molar-refractivity contribution >= 4 is 0 Å². The molecule has 0 amide bonds. The van der Waals surface area contributed by atoms with E-state index < -0.39 is 30.6 Å². The van der Waals surface area contributed by atoms with Crippen molar-refractivity contribution in [3.63, 3.8) is 0 Å². The second-order valence-electron chi connectivity index (χ2n) is 2.77. The van der Waals surface area contributed by atoms with Gasteiger partial charge in [0.25, 0.3) is 0 Å². The number of nitrogens with one attached hydrogen (secondary N) is 1. The van der Waals surface area contributed by atoms with Gasteiger partial charge in [0.2, 0.25) is 0 Å². The molecule has 0 saturated carbocycles. The van der Waals surface area contributed by atoms with Gasteiger partial charge in [-0.3, -0.25) is 5.32 Å². The smallest absolute Gasteiger partial charge is 0.288 e. The fraction of sp³-hybridized carbons (Fsp3) is 1.00. The van der Waals surface area contributed by atoms with Crippen LogP contribution in [0.3, 0.4) is 0 Å². The quantitative estimate of drug-likeness (QED) is 0.755. The lowest BCUT2D eigenvalue weighted by Crippen LogP contribution is -2.74. The first-order chi connectivity index (χ1) is 6.81. The average Bonchev–Trinajstić information content (AvgIpc) is 1.91. The van der Waals surface area contributed by atoms with Crippen LogP contribution in [0.2, 0.25) is 0 Å². The van der Waals surface area contributed by atoms with E-state index in [0.717, 1.165) is 0 Å². The average molecular weight is 263 g/mol. The van der Waals surface area contributed by atoms with Crippen molar-refractivity contribution in [3.05, 3.63) is 0 Å². The third-order valence-electron chi connectivity index (χ3n) is 1.72. The summed E-state index contributed by atoms with van der Waals surface area (Å²) in [5.74, 6) is 0. The summed E-state index contributed by atoms with van der Waals surface area (Å²) in [7, 11) is 0. The molecular formula is C6H6F9N. The molecule has 0 heterocycles. The van der Waals surface area contributed by atoms with Crippen molar-refractivity contribution < 1.29 is 39.5 Å². The van der Waals surface area contributed by atoms with E-state index in [1.807, 2.05) is 0 Å². The summed E-state index contributed by atoms with van der Waals surface area (Å²) >= 11 is 0. The first kappa shape index (κ1) is 15.3. The van der Waals surface area contributed by atoms with Crippen LogP contribution in [0.4, 0.5) is 39.5 Å². The van der Waals surface area contributed by atoms with Crippen LogP contribution in [-0.2, 0) is 0 Å². The van der Waals surface area contributed by atoms with Crippen LogP contribution in [0.15, 0.2) is 0 Å². The fourth-order valence-electron chi connectivity index (χ4n) is 1.05. The molecule has 0 bridgehead atoms. The summed E-state index contributed by atoms with van der Waals surface area (Å²) < 4.78 is 108. The van der Waals surface area contributed by atoms with Gasteiger partial charge in [0.1, 0.15) is 0 Å². The second-order valence-corrected chi connectivity index (χ2v) is 2.77. The lowest BCUT2D eigenvalue weighted by Gasteiger charge is -2.38. The number of hydrogen-bond acceptors (Lipinski definition) is 1. The summed E-state index contributed by atoms with van der Waals surface area (Å²) in [4.78, 5) is 0. The molecule has 0 aliphatic heterocycles. The molecule has 1 N–H and O–H groups in total. The molecule has 10 heteroatoms. The fourth-order valence-corrected chi connectivity index (χ4v) is 1.05. The van der Waals surface area contributed by atoms with Crippen LogP contribution in [-0.4, -0.2) is 30.6 Å². The molecule has 0 atom stereocenters. The van der Waals surface area contributed by atoms with Crippen LogP contribution in [0.1, 0.15) is 6.92 Å². The summed E-state index contributed by atoms with van der Waals surface area (Å²) in [6.45, 7) is -0.434. The molecule has 0 fully saturated rings. The Morgan fingerprint density at radius 2 is 0.938 bits per heavy atom. The van der Waals surface area contributed by atoms with Gasteiger partial charge in [0, 0.05) is 0 Å². The standard InChI is InChI=1S/C6H6F9N/c1-2-16-3(4(7,8)9,5(10,11)12)6(13,14)15/h16H,2H2,1H3. The highest BCUT2D eigenvalue weighted by Gasteiger charge is 2.83.